The van der Waals surface area contributed by atoms with Crippen molar-refractivity contribution < 1.29 is 61.6 Å². The summed E-state index contributed by atoms with van der Waals surface area (Å²) in [6.07, 6.45) is -5.86. The van der Waals surface area contributed by atoms with E-state index in [0.717, 1.165) is 33.8 Å². The van der Waals surface area contributed by atoms with Gasteiger partial charge in [0.25, 0.3) is 0 Å². The summed E-state index contributed by atoms with van der Waals surface area (Å²) in [6.45, 7) is 9.14. The van der Waals surface area contributed by atoms with Gasteiger partial charge in [-0.05, 0) is 74.2 Å². The highest BCUT2D eigenvalue weighted by atomic mass is 16.9. The molecule has 4 fully saturated rings. The Morgan fingerprint density at radius 2 is 1.15 bits per heavy atom. The zero-order valence-electron chi connectivity index (χ0n) is 32.3. The molecule has 0 radical (unpaired) electrons. The Morgan fingerprint density at radius 3 is 1.80 bits per heavy atom. The molecular weight excluding hydrogens is 712 g/mol. The molecule has 5 heterocycles. The third kappa shape index (κ3) is 8.73. The summed E-state index contributed by atoms with van der Waals surface area (Å²) >= 11 is 0. The zero-order valence-corrected chi connectivity index (χ0v) is 32.3. The lowest BCUT2D eigenvalue weighted by atomic mass is 9.96. The van der Waals surface area contributed by atoms with Crippen LogP contribution >= 0.6 is 0 Å². The molecule has 5 aliphatic heterocycles. The van der Waals surface area contributed by atoms with Gasteiger partial charge in [-0.2, -0.15) is 0 Å². The molecule has 0 bridgehead atoms. The molecule has 0 aromatic heterocycles. The van der Waals surface area contributed by atoms with Crippen LogP contribution in [-0.2, 0) is 78.5 Å². The fourth-order valence-electron chi connectivity index (χ4n) is 7.87. The highest BCUT2D eigenvalue weighted by Crippen LogP contribution is 2.44. The van der Waals surface area contributed by atoms with E-state index in [4.69, 9.17) is 61.6 Å². The minimum absolute atomic E-state index is 0.0955. The minimum atomic E-state index is -0.877. The smallest absolute Gasteiger partial charge is 0.190 e. The van der Waals surface area contributed by atoms with Crippen LogP contribution in [0.5, 0.6) is 11.5 Å². The standard InChI is InChI=1S/C42H52O13/c1-41(2)52-34-32(51-40-38(36(34)53-41)54-42(3,4)55-40)24-49-39-37-35(47-21-27-9-7-8-10-28(27)22-48-37)33(46-20-26-13-17-30(44-6)18-14-26)31(50-39)23-45-19-25-11-15-29(43-5)16-12-25/h7-18,31-40H,19-24H2,1-6H3/t31-,32-,33-,34+,35+,36+,37-,38-,39-,40-/m1/s1. The van der Waals surface area contributed by atoms with Gasteiger partial charge >= 0.3 is 0 Å². The van der Waals surface area contributed by atoms with Gasteiger partial charge in [-0.3, -0.25) is 0 Å². The molecule has 5 aliphatic rings. The van der Waals surface area contributed by atoms with Gasteiger partial charge in [0.2, 0.25) is 0 Å². The second-order valence-electron chi connectivity index (χ2n) is 15.4. The van der Waals surface area contributed by atoms with Gasteiger partial charge < -0.3 is 61.6 Å². The molecule has 8 rings (SSSR count). The Morgan fingerprint density at radius 1 is 0.564 bits per heavy atom. The van der Waals surface area contributed by atoms with E-state index < -0.39 is 73.0 Å². The van der Waals surface area contributed by atoms with Crippen LogP contribution in [0.25, 0.3) is 0 Å². The zero-order chi connectivity index (χ0) is 38.2. The van der Waals surface area contributed by atoms with Crippen molar-refractivity contribution in [3.63, 3.8) is 0 Å². The molecule has 13 nitrogen and oxygen atoms in total. The summed E-state index contributed by atoms with van der Waals surface area (Å²) in [5.74, 6) is -0.148. The summed E-state index contributed by atoms with van der Waals surface area (Å²) in [5.41, 5.74) is 4.04. The summed E-state index contributed by atoms with van der Waals surface area (Å²) in [4.78, 5) is 0. The van der Waals surface area contributed by atoms with Crippen molar-refractivity contribution in [2.45, 2.75) is 127 Å². The molecule has 4 saturated heterocycles. The predicted molar refractivity (Wildman–Crippen MR) is 195 cm³/mol. The molecule has 0 amide bonds. The molecule has 0 N–H and O–H groups in total. The van der Waals surface area contributed by atoms with E-state index in [1.165, 1.54) is 0 Å². The van der Waals surface area contributed by atoms with Crippen molar-refractivity contribution in [3.8, 4) is 11.5 Å². The molecular formula is C42H52O13. The fourth-order valence-corrected chi connectivity index (χ4v) is 7.87. The van der Waals surface area contributed by atoms with Crippen molar-refractivity contribution in [1.82, 2.24) is 0 Å². The number of hydrogen-bond donors (Lipinski definition) is 0. The number of rotatable bonds is 12. The van der Waals surface area contributed by atoms with E-state index in [-0.39, 0.29) is 13.2 Å². The van der Waals surface area contributed by atoms with Crippen LogP contribution in [0.1, 0.15) is 49.9 Å². The number of ether oxygens (including phenoxy) is 13. The fraction of sp³-hybridized carbons (Fsp3) is 0.571. The third-order valence-corrected chi connectivity index (χ3v) is 10.6. The Bertz CT molecular complexity index is 1720. The average molecular weight is 765 g/mol. The molecule has 0 saturated carbocycles. The van der Waals surface area contributed by atoms with Gasteiger partial charge in [0.15, 0.2) is 24.2 Å². The number of methoxy groups -OCH3 is 2. The highest BCUT2D eigenvalue weighted by molar-refractivity contribution is 5.28. The molecule has 13 heteroatoms. The molecule has 0 aliphatic carbocycles. The van der Waals surface area contributed by atoms with E-state index in [0.29, 0.717) is 26.4 Å². The number of fused-ring (bicyclic) bond motifs is 5. The number of hydrogen-bond acceptors (Lipinski definition) is 13. The lowest BCUT2D eigenvalue weighted by molar-refractivity contribution is -0.338. The van der Waals surface area contributed by atoms with Crippen LogP contribution in [0.4, 0.5) is 0 Å². The quantitative estimate of drug-likeness (QED) is 0.234. The van der Waals surface area contributed by atoms with Gasteiger partial charge in [-0.1, -0.05) is 48.5 Å². The summed E-state index contributed by atoms with van der Waals surface area (Å²) in [6, 6.07) is 23.6. The van der Waals surface area contributed by atoms with Gasteiger partial charge in [-0.25, -0.2) is 0 Å². The molecule has 10 atom stereocenters. The third-order valence-electron chi connectivity index (χ3n) is 10.6. The normalized spacial score (nSPS) is 33.3. The average Bonchev–Trinajstić information content (AvgIpc) is 3.68. The maximum atomic E-state index is 6.81. The van der Waals surface area contributed by atoms with E-state index in [1.807, 2.05) is 94.4 Å². The van der Waals surface area contributed by atoms with Crippen LogP contribution in [-0.4, -0.2) is 100 Å². The minimum Gasteiger partial charge on any atom is -0.497 e. The first-order chi connectivity index (χ1) is 26.6. The lowest BCUT2D eigenvalue weighted by Crippen LogP contribution is -2.63. The second kappa shape index (κ2) is 16.4. The molecule has 0 unspecified atom stereocenters. The first-order valence-corrected chi connectivity index (χ1v) is 19.0. The van der Waals surface area contributed by atoms with Crippen molar-refractivity contribution in [1.29, 1.82) is 0 Å². The van der Waals surface area contributed by atoms with Gasteiger partial charge in [0, 0.05) is 0 Å². The van der Waals surface area contributed by atoms with Crippen LogP contribution in [0.15, 0.2) is 72.8 Å². The Balaban J connectivity index is 1.05. The maximum Gasteiger partial charge on any atom is 0.190 e. The van der Waals surface area contributed by atoms with E-state index in [9.17, 15) is 0 Å². The van der Waals surface area contributed by atoms with Crippen LogP contribution in [0, 0.1) is 0 Å². The predicted octanol–water partition coefficient (Wildman–Crippen LogP) is 5.43. The van der Waals surface area contributed by atoms with Crippen molar-refractivity contribution in [2.75, 3.05) is 27.4 Å². The molecule has 0 spiro atoms. The van der Waals surface area contributed by atoms with E-state index >= 15 is 0 Å². The Kier molecular flexibility index (Phi) is 11.5. The largest absolute Gasteiger partial charge is 0.497 e. The van der Waals surface area contributed by atoms with Gasteiger partial charge in [0.05, 0.1) is 53.9 Å². The molecule has 298 valence electrons. The topological polar surface area (TPSA) is 120 Å². The van der Waals surface area contributed by atoms with Crippen LogP contribution in [0.3, 0.4) is 0 Å². The monoisotopic (exact) mass is 764 g/mol. The summed E-state index contributed by atoms with van der Waals surface area (Å²) in [7, 11) is 3.29. The van der Waals surface area contributed by atoms with Crippen LogP contribution < -0.4 is 9.47 Å². The molecule has 3 aromatic rings. The van der Waals surface area contributed by atoms with Crippen molar-refractivity contribution in [3.05, 3.63) is 95.1 Å². The van der Waals surface area contributed by atoms with Gasteiger partial charge in [-0.15, -0.1) is 0 Å². The SMILES string of the molecule is COc1ccc(COC[C@H]2O[C@@H](OC[C@H]3O[C@@H]4OC(C)(C)O[C@@H]4[C@H]4OC(C)(C)O[C@H]43)[C@@H]3OCc4ccccc4CO[C@H]3[C@@H]2OCc2ccc(OC)cc2)cc1. The van der Waals surface area contributed by atoms with E-state index in [2.05, 4.69) is 6.07 Å². The maximum absolute atomic E-state index is 6.81. The first kappa shape index (κ1) is 38.7. The van der Waals surface area contributed by atoms with E-state index in [1.54, 1.807) is 14.2 Å². The Hall–Kier alpha value is -3.18. The molecule has 55 heavy (non-hydrogen) atoms. The van der Waals surface area contributed by atoms with Crippen LogP contribution in [0.2, 0.25) is 0 Å². The first-order valence-electron chi connectivity index (χ1n) is 19.0. The van der Waals surface area contributed by atoms with Crippen molar-refractivity contribution >= 4 is 0 Å². The highest BCUT2D eigenvalue weighted by Gasteiger charge is 2.61. The summed E-state index contributed by atoms with van der Waals surface area (Å²) < 4.78 is 82.2. The number of benzene rings is 3. The molecule has 3 aromatic carbocycles. The second-order valence-corrected chi connectivity index (χ2v) is 15.4. The van der Waals surface area contributed by atoms with Gasteiger partial charge in [0.1, 0.15) is 60.3 Å². The van der Waals surface area contributed by atoms with Crippen molar-refractivity contribution in [2.24, 2.45) is 0 Å². The Labute approximate surface area is 322 Å². The summed E-state index contributed by atoms with van der Waals surface area (Å²) in [5, 5.41) is 0. The lowest BCUT2D eigenvalue weighted by Gasteiger charge is -2.47.